The van der Waals surface area contributed by atoms with Gasteiger partial charge in [0.05, 0.1) is 24.0 Å². The molecule has 8 heteroatoms. The first kappa shape index (κ1) is 19.0. The van der Waals surface area contributed by atoms with Gasteiger partial charge in [0, 0.05) is 18.3 Å². The summed E-state index contributed by atoms with van der Waals surface area (Å²) in [6, 6.07) is 6.64. The van der Waals surface area contributed by atoms with Crippen LogP contribution in [-0.2, 0) is 25.7 Å². The third-order valence-electron chi connectivity index (χ3n) is 5.45. The number of rotatable bonds is 5. The largest absolute Gasteiger partial charge is 0.459 e. The van der Waals surface area contributed by atoms with Crippen LogP contribution in [-0.4, -0.2) is 38.6 Å². The van der Waals surface area contributed by atoms with E-state index in [1.807, 2.05) is 25.1 Å². The average Bonchev–Trinajstić information content (AvgIpc) is 2.95. The number of pyridine rings is 1. The fraction of sp³-hybridized carbons (Fsp3) is 0.381. The van der Waals surface area contributed by atoms with Crippen molar-refractivity contribution in [3.8, 4) is 0 Å². The molecule has 4 rings (SSSR count). The Bertz CT molecular complexity index is 1060. The lowest BCUT2D eigenvalue weighted by Gasteiger charge is -2.14. The minimum atomic E-state index is -0.551. The third kappa shape index (κ3) is 3.57. The fourth-order valence-electron chi connectivity index (χ4n) is 3.96. The number of amides is 2. The monoisotopic (exact) mass is 395 g/mol. The van der Waals surface area contributed by atoms with E-state index >= 15 is 0 Å². The van der Waals surface area contributed by atoms with Gasteiger partial charge in [-0.2, -0.15) is 0 Å². The number of likely N-dealkylation sites (tertiary alicyclic amines) is 1. The molecule has 0 unspecified atom stereocenters. The van der Waals surface area contributed by atoms with Crippen molar-refractivity contribution >= 4 is 23.4 Å². The Morgan fingerprint density at radius 2 is 1.83 bits per heavy atom. The molecule has 150 valence electrons. The molecule has 1 aliphatic heterocycles. The van der Waals surface area contributed by atoms with Crippen LogP contribution in [0, 0.1) is 18.8 Å². The van der Waals surface area contributed by atoms with Gasteiger partial charge in [-0.05, 0) is 31.9 Å². The minimum absolute atomic E-state index is 0.0104. The number of allylic oxidation sites excluding steroid dienone is 2. The van der Waals surface area contributed by atoms with Crippen molar-refractivity contribution in [2.45, 2.75) is 32.8 Å². The summed E-state index contributed by atoms with van der Waals surface area (Å²) in [5.74, 6) is -1.58. The highest BCUT2D eigenvalue weighted by Crippen LogP contribution is 2.35. The summed E-state index contributed by atoms with van der Waals surface area (Å²) in [6.07, 6.45) is 4.89. The second-order valence-electron chi connectivity index (χ2n) is 7.34. The van der Waals surface area contributed by atoms with Crippen LogP contribution in [0.4, 0.5) is 0 Å². The molecule has 0 N–H and O–H groups in total. The lowest BCUT2D eigenvalue weighted by Crippen LogP contribution is -2.33. The number of carbonyl (C=O) groups is 3. The van der Waals surface area contributed by atoms with Crippen molar-refractivity contribution in [1.29, 1.82) is 0 Å². The van der Waals surface area contributed by atoms with E-state index in [2.05, 4.69) is 4.98 Å². The van der Waals surface area contributed by atoms with Crippen LogP contribution in [0.25, 0.3) is 5.65 Å². The van der Waals surface area contributed by atoms with E-state index < -0.39 is 5.97 Å². The number of hydrogen-bond donors (Lipinski definition) is 0. The van der Waals surface area contributed by atoms with Crippen molar-refractivity contribution in [3.63, 3.8) is 0 Å². The normalized spacial score (nSPS) is 20.9. The van der Waals surface area contributed by atoms with Gasteiger partial charge in [-0.15, -0.1) is 0 Å². The molecule has 1 saturated heterocycles. The van der Waals surface area contributed by atoms with Crippen LogP contribution >= 0.6 is 0 Å². The molecule has 2 atom stereocenters. The molecule has 2 aromatic heterocycles. The molecule has 0 aromatic carbocycles. The van der Waals surface area contributed by atoms with E-state index in [0.29, 0.717) is 24.2 Å². The molecular weight excluding hydrogens is 374 g/mol. The van der Waals surface area contributed by atoms with Crippen LogP contribution in [0.1, 0.15) is 30.7 Å². The van der Waals surface area contributed by atoms with E-state index in [-0.39, 0.29) is 48.8 Å². The van der Waals surface area contributed by atoms with Crippen LogP contribution < -0.4 is 5.56 Å². The molecule has 0 bridgehead atoms. The van der Waals surface area contributed by atoms with Crippen LogP contribution in [0.2, 0.25) is 0 Å². The summed E-state index contributed by atoms with van der Waals surface area (Å²) in [4.78, 5) is 54.7. The quantitative estimate of drug-likeness (QED) is 0.431. The first-order valence-corrected chi connectivity index (χ1v) is 9.60. The summed E-state index contributed by atoms with van der Waals surface area (Å²) in [7, 11) is 0. The topological polar surface area (TPSA) is 98.0 Å². The number of ether oxygens (including phenoxy) is 1. The van der Waals surface area contributed by atoms with Gasteiger partial charge in [0.2, 0.25) is 11.8 Å². The van der Waals surface area contributed by atoms with Crippen LogP contribution in [0.3, 0.4) is 0 Å². The first-order chi connectivity index (χ1) is 14.0. The van der Waals surface area contributed by atoms with Crippen molar-refractivity contribution in [2.24, 2.45) is 11.8 Å². The Labute approximate surface area is 166 Å². The Kier molecular flexibility index (Phi) is 5.00. The first-order valence-electron chi connectivity index (χ1n) is 9.60. The number of aromatic nitrogens is 2. The lowest BCUT2D eigenvalue weighted by molar-refractivity contribution is -0.146. The Balaban J connectivity index is 1.35. The molecule has 1 fully saturated rings. The summed E-state index contributed by atoms with van der Waals surface area (Å²) in [5.41, 5.74) is 1.34. The van der Waals surface area contributed by atoms with Crippen LogP contribution in [0.15, 0.2) is 41.2 Å². The number of hydrogen-bond acceptors (Lipinski definition) is 6. The van der Waals surface area contributed by atoms with Gasteiger partial charge in [-0.25, -0.2) is 4.98 Å². The molecule has 8 nitrogen and oxygen atoms in total. The van der Waals surface area contributed by atoms with E-state index in [1.165, 1.54) is 15.4 Å². The predicted molar refractivity (Wildman–Crippen MR) is 103 cm³/mol. The highest BCUT2D eigenvalue weighted by molar-refractivity contribution is 6.05. The maximum Gasteiger partial charge on any atom is 0.307 e. The molecule has 2 aromatic rings. The van der Waals surface area contributed by atoms with E-state index in [0.717, 1.165) is 5.69 Å². The van der Waals surface area contributed by atoms with Gasteiger partial charge >= 0.3 is 5.97 Å². The van der Waals surface area contributed by atoms with Crippen molar-refractivity contribution in [3.05, 3.63) is 58.2 Å². The predicted octanol–water partition coefficient (Wildman–Crippen LogP) is 1.39. The van der Waals surface area contributed by atoms with Gasteiger partial charge in [-0.1, -0.05) is 18.2 Å². The molecule has 1 aliphatic carbocycles. The van der Waals surface area contributed by atoms with E-state index in [9.17, 15) is 19.2 Å². The second kappa shape index (κ2) is 7.62. The van der Waals surface area contributed by atoms with Crippen molar-refractivity contribution in [1.82, 2.24) is 14.3 Å². The minimum Gasteiger partial charge on any atom is -0.459 e. The number of aryl methyl sites for hydroxylation is 1. The van der Waals surface area contributed by atoms with Gasteiger partial charge in [-0.3, -0.25) is 28.5 Å². The Morgan fingerprint density at radius 1 is 1.14 bits per heavy atom. The third-order valence-corrected chi connectivity index (χ3v) is 5.45. The van der Waals surface area contributed by atoms with Gasteiger partial charge < -0.3 is 4.74 Å². The zero-order chi connectivity index (χ0) is 20.5. The van der Waals surface area contributed by atoms with Crippen molar-refractivity contribution in [2.75, 3.05) is 6.54 Å². The number of imide groups is 1. The fourth-order valence-corrected chi connectivity index (χ4v) is 3.96. The standard InChI is InChI=1S/C21H21N3O5/c1-13-5-4-8-17-22-14(11-18(25)24(13)17)12-29-19(26)9-10-23-20(27)15-6-2-3-7-16(15)21(23)28/h2-5,8,11,15-16H,6-7,9-10,12H2,1H3/t15-,16-/m0/s1. The summed E-state index contributed by atoms with van der Waals surface area (Å²) in [5, 5.41) is 0. The molecular formula is C21H21N3O5. The smallest absolute Gasteiger partial charge is 0.307 e. The van der Waals surface area contributed by atoms with Gasteiger partial charge in [0.1, 0.15) is 12.3 Å². The molecule has 0 radical (unpaired) electrons. The lowest BCUT2D eigenvalue weighted by atomic mass is 9.85. The maximum atomic E-state index is 12.4. The zero-order valence-electron chi connectivity index (χ0n) is 16.0. The highest BCUT2D eigenvalue weighted by Gasteiger charge is 2.46. The maximum absolute atomic E-state index is 12.4. The van der Waals surface area contributed by atoms with Gasteiger partial charge in [0.25, 0.3) is 5.56 Å². The SMILES string of the molecule is Cc1cccc2nc(COC(=O)CCN3C(=O)[C@H]4CC=CC[C@@H]4C3=O)cc(=O)n12. The number of nitrogens with zero attached hydrogens (tertiary/aromatic N) is 3. The zero-order valence-corrected chi connectivity index (χ0v) is 16.0. The summed E-state index contributed by atoms with van der Waals surface area (Å²) >= 11 is 0. The molecule has 0 saturated carbocycles. The number of carbonyl (C=O) groups excluding carboxylic acids is 3. The second-order valence-corrected chi connectivity index (χ2v) is 7.34. The highest BCUT2D eigenvalue weighted by atomic mass is 16.5. The number of fused-ring (bicyclic) bond motifs is 2. The molecule has 3 heterocycles. The Morgan fingerprint density at radius 3 is 2.52 bits per heavy atom. The molecule has 2 amide bonds. The molecule has 2 aliphatic rings. The number of esters is 1. The van der Waals surface area contributed by atoms with Crippen molar-refractivity contribution < 1.29 is 19.1 Å². The van der Waals surface area contributed by atoms with Gasteiger partial charge in [0.15, 0.2) is 0 Å². The average molecular weight is 395 g/mol. The summed E-state index contributed by atoms with van der Waals surface area (Å²) in [6.45, 7) is 1.68. The molecule has 0 spiro atoms. The summed E-state index contributed by atoms with van der Waals surface area (Å²) < 4.78 is 6.68. The van der Waals surface area contributed by atoms with E-state index in [4.69, 9.17) is 4.74 Å². The Hall–Kier alpha value is -3.29. The van der Waals surface area contributed by atoms with Crippen LogP contribution in [0.5, 0.6) is 0 Å². The van der Waals surface area contributed by atoms with E-state index in [1.54, 1.807) is 12.1 Å². The molecule has 29 heavy (non-hydrogen) atoms.